The van der Waals surface area contributed by atoms with Gasteiger partial charge >= 0.3 is 12.4 Å². The van der Waals surface area contributed by atoms with E-state index in [9.17, 15) is 36.2 Å². The number of fused-ring (bicyclic) bond motifs is 1. The number of aliphatic hydroxyl groups is 1. The lowest BCUT2D eigenvalue weighted by Crippen LogP contribution is -2.53. The van der Waals surface area contributed by atoms with Crippen molar-refractivity contribution in [1.29, 1.82) is 0 Å². The van der Waals surface area contributed by atoms with Crippen molar-refractivity contribution < 1.29 is 36.2 Å². The number of benzene rings is 2. The largest absolute Gasteiger partial charge is 0.472 e. The second-order valence-corrected chi connectivity index (χ2v) is 9.90. The second kappa shape index (κ2) is 9.16. The fourth-order valence-electron chi connectivity index (χ4n) is 5.17. The summed E-state index contributed by atoms with van der Waals surface area (Å²) < 4.78 is 84.8. The molecule has 3 aromatic rings. The summed E-state index contributed by atoms with van der Waals surface area (Å²) in [6.07, 6.45) is -9.49. The molecule has 11 heteroatoms. The Hall–Kier alpha value is -3.31. The van der Waals surface area contributed by atoms with Crippen molar-refractivity contribution in [1.82, 2.24) is 9.88 Å². The molecule has 202 valence electrons. The first-order valence-electron chi connectivity index (χ1n) is 12.0. The summed E-state index contributed by atoms with van der Waals surface area (Å²) in [4.78, 5) is 16.6. The molecule has 0 unspecified atom stereocenters. The molecule has 2 aromatic carbocycles. The van der Waals surface area contributed by atoms with Gasteiger partial charge in [-0.2, -0.15) is 26.3 Å². The van der Waals surface area contributed by atoms with Gasteiger partial charge in [0.05, 0.1) is 0 Å². The van der Waals surface area contributed by atoms with E-state index in [4.69, 9.17) is 4.74 Å². The highest BCUT2D eigenvalue weighted by atomic mass is 19.4. The molecule has 5 nitrogen and oxygen atoms in total. The minimum Gasteiger partial charge on any atom is -0.472 e. The number of hydrogen-bond donors (Lipinski definition) is 2. The van der Waals surface area contributed by atoms with Gasteiger partial charge in [0, 0.05) is 56.1 Å². The van der Waals surface area contributed by atoms with Crippen molar-refractivity contribution in [2.75, 3.05) is 13.1 Å². The van der Waals surface area contributed by atoms with E-state index < -0.39 is 23.5 Å². The third-order valence-corrected chi connectivity index (χ3v) is 7.38. The maximum atomic E-state index is 13.1. The molecule has 0 radical (unpaired) electrons. The maximum Gasteiger partial charge on any atom is 0.430 e. The van der Waals surface area contributed by atoms with Gasteiger partial charge in [0.2, 0.25) is 0 Å². The minimum atomic E-state index is -5.92. The van der Waals surface area contributed by atoms with Crippen LogP contribution < -0.4 is 10.3 Å². The van der Waals surface area contributed by atoms with E-state index >= 15 is 0 Å². The van der Waals surface area contributed by atoms with Crippen LogP contribution in [-0.2, 0) is 18.6 Å². The van der Waals surface area contributed by atoms with E-state index in [0.29, 0.717) is 35.7 Å². The van der Waals surface area contributed by atoms with Crippen LogP contribution in [0, 0.1) is 0 Å². The van der Waals surface area contributed by atoms with E-state index in [1.165, 1.54) is 6.07 Å². The number of piperidine rings is 1. The van der Waals surface area contributed by atoms with E-state index in [2.05, 4.69) is 9.88 Å². The lowest BCUT2D eigenvalue weighted by atomic mass is 9.87. The van der Waals surface area contributed by atoms with Gasteiger partial charge in [-0.3, -0.25) is 14.7 Å². The quantitative estimate of drug-likeness (QED) is 0.442. The van der Waals surface area contributed by atoms with Gasteiger partial charge in [0.25, 0.3) is 11.2 Å². The average Bonchev–Trinajstić information content (AvgIpc) is 3.21. The van der Waals surface area contributed by atoms with Gasteiger partial charge in [0.1, 0.15) is 5.60 Å². The fraction of sp³-hybridized carbons (Fsp3) is 0.370. The summed E-state index contributed by atoms with van der Waals surface area (Å²) in [6, 6.07) is 14.1. The molecule has 3 heterocycles. The fourth-order valence-corrected chi connectivity index (χ4v) is 5.17. The molecule has 0 amide bonds. The molecule has 0 saturated carbocycles. The molecule has 1 spiro atoms. The Balaban J connectivity index is 1.22. The Morgan fingerprint density at radius 1 is 0.842 bits per heavy atom. The SMILES string of the molecule is O=c1ccc2c([nH]1)OC1(CCN(Cc3ccc(-c4ccc(C(O)(C(F)(F)F)C(F)(F)F)cc4)cc3)CC1)C2. The molecule has 2 aliphatic heterocycles. The minimum absolute atomic E-state index is 0.193. The first kappa shape index (κ1) is 26.3. The summed E-state index contributed by atoms with van der Waals surface area (Å²) >= 11 is 0. The highest BCUT2D eigenvalue weighted by Crippen LogP contribution is 2.50. The van der Waals surface area contributed by atoms with Gasteiger partial charge in [-0.05, 0) is 22.8 Å². The zero-order valence-electron chi connectivity index (χ0n) is 20.0. The third kappa shape index (κ3) is 4.69. The number of halogens is 6. The molecule has 0 aliphatic carbocycles. The number of alkyl halides is 6. The topological polar surface area (TPSA) is 65.6 Å². The van der Waals surface area contributed by atoms with Crippen LogP contribution in [0.4, 0.5) is 26.3 Å². The van der Waals surface area contributed by atoms with Crippen molar-refractivity contribution in [3.63, 3.8) is 0 Å². The van der Waals surface area contributed by atoms with Gasteiger partial charge in [-0.25, -0.2) is 0 Å². The molecule has 0 bridgehead atoms. The number of nitrogens with one attached hydrogen (secondary N) is 1. The molecule has 5 rings (SSSR count). The third-order valence-electron chi connectivity index (χ3n) is 7.38. The van der Waals surface area contributed by atoms with E-state index in [-0.39, 0.29) is 11.2 Å². The smallest absolute Gasteiger partial charge is 0.430 e. The molecule has 2 aliphatic rings. The Bertz CT molecular complexity index is 1340. The van der Waals surface area contributed by atoms with Crippen LogP contribution in [0.5, 0.6) is 5.88 Å². The monoisotopic (exact) mass is 538 g/mol. The van der Waals surface area contributed by atoms with Crippen molar-refractivity contribution in [3.05, 3.63) is 87.7 Å². The molecule has 38 heavy (non-hydrogen) atoms. The summed E-state index contributed by atoms with van der Waals surface area (Å²) in [5, 5.41) is 9.56. The van der Waals surface area contributed by atoms with Crippen LogP contribution in [0.3, 0.4) is 0 Å². The number of aromatic amines is 1. The summed E-state index contributed by atoms with van der Waals surface area (Å²) in [5.41, 5.74) is -3.70. The number of rotatable bonds is 4. The summed E-state index contributed by atoms with van der Waals surface area (Å²) in [5.74, 6) is 0.552. The highest BCUT2D eigenvalue weighted by molar-refractivity contribution is 5.64. The molecular formula is C27H24F6N2O3. The lowest BCUT2D eigenvalue weighted by Gasteiger charge is -2.38. The Morgan fingerprint density at radius 2 is 1.39 bits per heavy atom. The molecule has 0 atom stereocenters. The molecule has 1 saturated heterocycles. The number of aromatic nitrogens is 1. The Kier molecular flexibility index (Phi) is 6.34. The Morgan fingerprint density at radius 3 is 1.95 bits per heavy atom. The normalized spacial score (nSPS) is 17.9. The van der Waals surface area contributed by atoms with E-state index in [1.54, 1.807) is 18.2 Å². The van der Waals surface area contributed by atoms with Crippen LogP contribution in [0.15, 0.2) is 65.5 Å². The number of H-pyrrole nitrogens is 1. The van der Waals surface area contributed by atoms with Crippen LogP contribution >= 0.6 is 0 Å². The number of hydrogen-bond acceptors (Lipinski definition) is 4. The van der Waals surface area contributed by atoms with E-state index in [0.717, 1.165) is 55.6 Å². The van der Waals surface area contributed by atoms with Gasteiger partial charge < -0.3 is 9.84 Å². The van der Waals surface area contributed by atoms with Crippen LogP contribution in [0.25, 0.3) is 11.1 Å². The lowest BCUT2D eigenvalue weighted by molar-refractivity contribution is -0.376. The first-order chi connectivity index (χ1) is 17.8. The van der Waals surface area contributed by atoms with Gasteiger partial charge in [-0.15, -0.1) is 0 Å². The average molecular weight is 538 g/mol. The number of nitrogens with zero attached hydrogens (tertiary/aromatic N) is 1. The van der Waals surface area contributed by atoms with Crippen molar-refractivity contribution >= 4 is 0 Å². The van der Waals surface area contributed by atoms with Crippen LogP contribution in [0.1, 0.15) is 29.5 Å². The maximum absolute atomic E-state index is 13.1. The highest BCUT2D eigenvalue weighted by Gasteiger charge is 2.71. The van der Waals surface area contributed by atoms with Crippen molar-refractivity contribution in [3.8, 4) is 17.0 Å². The molecule has 1 aromatic heterocycles. The number of likely N-dealkylation sites (tertiary alicyclic amines) is 1. The van der Waals surface area contributed by atoms with Crippen LogP contribution in [-0.4, -0.2) is 46.0 Å². The zero-order chi connectivity index (χ0) is 27.3. The van der Waals surface area contributed by atoms with Crippen LogP contribution in [0.2, 0.25) is 0 Å². The van der Waals surface area contributed by atoms with Crippen molar-refractivity contribution in [2.24, 2.45) is 0 Å². The molecule has 1 fully saturated rings. The summed E-state index contributed by atoms with van der Waals surface area (Å²) in [7, 11) is 0. The predicted molar refractivity (Wildman–Crippen MR) is 127 cm³/mol. The predicted octanol–water partition coefficient (Wildman–Crippen LogP) is 5.32. The molecule has 2 N–H and O–H groups in total. The summed E-state index contributed by atoms with van der Waals surface area (Å²) in [6.45, 7) is 2.26. The number of ether oxygens (including phenoxy) is 1. The Labute approximate surface area is 213 Å². The standard InChI is InChI=1S/C27H24F6N2O3/c28-26(29,30)25(37,27(31,32)33)21-8-5-19(6-9-21)18-3-1-17(2-4-18)16-35-13-11-24(12-14-35)15-20-7-10-22(36)34-23(20)38-24/h1-10,37H,11-16H2,(H,34,36). The first-order valence-corrected chi connectivity index (χ1v) is 12.0. The van der Waals surface area contributed by atoms with E-state index in [1.807, 2.05) is 12.1 Å². The van der Waals surface area contributed by atoms with Crippen molar-refractivity contribution in [2.45, 2.75) is 49.4 Å². The zero-order valence-corrected chi connectivity index (χ0v) is 20.0. The van der Waals surface area contributed by atoms with Gasteiger partial charge in [0.15, 0.2) is 5.88 Å². The molecular weight excluding hydrogens is 514 g/mol. The number of pyridine rings is 1. The van der Waals surface area contributed by atoms with Gasteiger partial charge in [-0.1, -0.05) is 48.5 Å². The second-order valence-electron chi connectivity index (χ2n) is 9.90.